The number of urea groups is 1. The van der Waals surface area contributed by atoms with Crippen LogP contribution < -0.4 is 16.4 Å². The van der Waals surface area contributed by atoms with E-state index in [0.29, 0.717) is 25.4 Å². The molecule has 0 fully saturated rings. The highest BCUT2D eigenvalue weighted by atomic mass is 79.9. The molecule has 0 spiro atoms. The Morgan fingerprint density at radius 3 is 2.76 bits per heavy atom. The van der Waals surface area contributed by atoms with Gasteiger partial charge in [-0.3, -0.25) is 0 Å². The molecule has 0 aliphatic rings. The molecule has 9 heteroatoms. The summed E-state index contributed by atoms with van der Waals surface area (Å²) in [6.07, 6.45) is 2.38. The zero-order chi connectivity index (χ0) is 23.2. The van der Waals surface area contributed by atoms with E-state index in [1.165, 1.54) is 0 Å². The van der Waals surface area contributed by atoms with Crippen molar-refractivity contribution in [3.63, 3.8) is 0 Å². The summed E-state index contributed by atoms with van der Waals surface area (Å²) in [5, 5.41) is 6.80. The predicted octanol–water partition coefficient (Wildman–Crippen LogP) is 5.21. The lowest BCUT2D eigenvalue weighted by molar-refractivity contribution is 0.199. The molecule has 0 aliphatic heterocycles. The standard InChI is InChI=1S/C24H27BrN6O2.2H2/c1-33-15-12-20-30-21-22(16-8-2-4-10-18(16)28-23(21)26)31(20)14-7-6-13-27-24(32)29-19-11-5-3-9-17(19)25;;/h2-5,8-11H,6-7,12-15H2,1H3,(H2,26,28)(H2,27,29,32);2*1H. The van der Waals surface area contributed by atoms with Gasteiger partial charge in [0.15, 0.2) is 5.82 Å². The number of benzene rings is 2. The van der Waals surface area contributed by atoms with Gasteiger partial charge in [-0.05, 0) is 47.0 Å². The lowest BCUT2D eigenvalue weighted by atomic mass is 10.2. The number of aromatic nitrogens is 3. The molecule has 0 atom stereocenters. The van der Waals surface area contributed by atoms with Crippen molar-refractivity contribution in [3.8, 4) is 0 Å². The molecule has 0 saturated heterocycles. The third-order valence-electron chi connectivity index (χ3n) is 5.44. The molecule has 0 saturated carbocycles. The Morgan fingerprint density at radius 1 is 1.15 bits per heavy atom. The smallest absolute Gasteiger partial charge is 0.319 e. The molecule has 0 unspecified atom stereocenters. The number of imidazole rings is 1. The zero-order valence-electron chi connectivity index (χ0n) is 18.5. The number of amides is 2. The maximum Gasteiger partial charge on any atom is 0.319 e. The van der Waals surface area contributed by atoms with Gasteiger partial charge in [0.1, 0.15) is 11.3 Å². The number of nitrogen functional groups attached to an aromatic ring is 1. The molecular weight excluding hydrogens is 484 g/mol. The fraction of sp³-hybridized carbons (Fsp3) is 0.292. The third kappa shape index (κ3) is 5.26. The first-order valence-electron chi connectivity index (χ1n) is 10.9. The van der Waals surface area contributed by atoms with Crippen molar-refractivity contribution in [1.82, 2.24) is 19.9 Å². The normalized spacial score (nSPS) is 11.2. The molecule has 0 aliphatic carbocycles. The van der Waals surface area contributed by atoms with Gasteiger partial charge in [-0.1, -0.05) is 30.3 Å². The fourth-order valence-electron chi connectivity index (χ4n) is 3.86. The Morgan fingerprint density at radius 2 is 1.94 bits per heavy atom. The van der Waals surface area contributed by atoms with E-state index in [1.54, 1.807) is 7.11 Å². The van der Waals surface area contributed by atoms with Gasteiger partial charge >= 0.3 is 6.03 Å². The van der Waals surface area contributed by atoms with E-state index >= 15 is 0 Å². The minimum absolute atomic E-state index is 0. The molecule has 2 heterocycles. The van der Waals surface area contributed by atoms with Crippen LogP contribution >= 0.6 is 15.9 Å². The Hall–Kier alpha value is -3.17. The number of carbonyl (C=O) groups is 1. The third-order valence-corrected chi connectivity index (χ3v) is 6.13. The van der Waals surface area contributed by atoms with Crippen molar-refractivity contribution in [2.75, 3.05) is 31.3 Å². The number of pyridine rings is 1. The number of hydrogen-bond donors (Lipinski definition) is 3. The molecule has 33 heavy (non-hydrogen) atoms. The number of nitrogens with two attached hydrogens (primary N) is 1. The highest BCUT2D eigenvalue weighted by molar-refractivity contribution is 9.10. The van der Waals surface area contributed by atoms with Crippen LogP contribution in [0.25, 0.3) is 21.9 Å². The van der Waals surface area contributed by atoms with E-state index < -0.39 is 0 Å². The summed E-state index contributed by atoms with van der Waals surface area (Å²) in [7, 11) is 1.68. The second-order valence-corrected chi connectivity index (χ2v) is 8.56. The lowest BCUT2D eigenvalue weighted by Gasteiger charge is -2.12. The van der Waals surface area contributed by atoms with Crippen molar-refractivity contribution < 1.29 is 12.4 Å². The SMILES string of the molecule is COCCc1nc2c(N)nc3ccccc3c2n1CCCCNC(=O)Nc1ccccc1Br.[HH].[HH]. The maximum atomic E-state index is 12.2. The minimum Gasteiger partial charge on any atom is -0.384 e. The number of ether oxygens (including phenoxy) is 1. The summed E-state index contributed by atoms with van der Waals surface area (Å²) in [6, 6.07) is 15.3. The monoisotopic (exact) mass is 514 g/mol. The van der Waals surface area contributed by atoms with E-state index in [2.05, 4.69) is 42.2 Å². The number of hydrogen-bond acceptors (Lipinski definition) is 5. The molecule has 2 aromatic carbocycles. The van der Waals surface area contributed by atoms with Crippen LogP contribution in [0.3, 0.4) is 0 Å². The van der Waals surface area contributed by atoms with Gasteiger partial charge < -0.3 is 25.7 Å². The summed E-state index contributed by atoms with van der Waals surface area (Å²) in [5.41, 5.74) is 9.56. The fourth-order valence-corrected chi connectivity index (χ4v) is 4.24. The number of methoxy groups -OCH3 is 1. The summed E-state index contributed by atoms with van der Waals surface area (Å²) in [4.78, 5) is 21.5. The summed E-state index contributed by atoms with van der Waals surface area (Å²) in [6.45, 7) is 1.91. The van der Waals surface area contributed by atoms with Crippen molar-refractivity contribution >= 4 is 55.4 Å². The van der Waals surface area contributed by atoms with Crippen LogP contribution in [-0.2, 0) is 17.7 Å². The molecule has 0 radical (unpaired) electrons. The van der Waals surface area contributed by atoms with E-state index in [0.717, 1.165) is 57.3 Å². The zero-order valence-corrected chi connectivity index (χ0v) is 20.1. The molecule has 4 N–H and O–H groups in total. The Bertz CT molecular complexity index is 1280. The maximum absolute atomic E-state index is 12.2. The molecular formula is C24H31BrN6O2. The number of halogens is 1. The minimum atomic E-state index is -0.222. The Balaban J connectivity index is 0.00000216. The number of aryl methyl sites for hydroxylation is 1. The summed E-state index contributed by atoms with van der Waals surface area (Å²) in [5.74, 6) is 1.36. The van der Waals surface area contributed by atoms with Gasteiger partial charge in [0.05, 0.1) is 23.3 Å². The number of nitrogens with zero attached hydrogens (tertiary/aromatic N) is 3. The highest BCUT2D eigenvalue weighted by Crippen LogP contribution is 2.29. The molecule has 176 valence electrons. The largest absolute Gasteiger partial charge is 0.384 e. The number of anilines is 2. The molecule has 4 aromatic rings. The number of nitrogens with one attached hydrogen (secondary N) is 2. The first-order chi connectivity index (χ1) is 16.1. The number of carbonyl (C=O) groups excluding carboxylic acids is 1. The first-order valence-corrected chi connectivity index (χ1v) is 11.7. The Labute approximate surface area is 203 Å². The van der Waals surface area contributed by atoms with Crippen LogP contribution in [0.5, 0.6) is 0 Å². The van der Waals surface area contributed by atoms with Gasteiger partial charge in [0.2, 0.25) is 0 Å². The topological polar surface area (TPSA) is 107 Å². The van der Waals surface area contributed by atoms with Gasteiger partial charge in [-0.15, -0.1) is 0 Å². The van der Waals surface area contributed by atoms with Crippen LogP contribution in [0, 0.1) is 0 Å². The Kier molecular flexibility index (Phi) is 7.41. The summed E-state index contributed by atoms with van der Waals surface area (Å²) >= 11 is 3.43. The molecule has 8 nitrogen and oxygen atoms in total. The molecule has 4 rings (SSSR count). The van der Waals surface area contributed by atoms with E-state index in [9.17, 15) is 4.79 Å². The second kappa shape index (κ2) is 10.6. The quantitative estimate of drug-likeness (QED) is 0.265. The van der Waals surface area contributed by atoms with Crippen LogP contribution in [0.4, 0.5) is 16.3 Å². The van der Waals surface area contributed by atoms with Gasteiger partial charge in [-0.2, -0.15) is 0 Å². The van der Waals surface area contributed by atoms with Crippen LogP contribution in [-0.4, -0.2) is 40.8 Å². The van der Waals surface area contributed by atoms with Gasteiger partial charge in [-0.25, -0.2) is 14.8 Å². The van der Waals surface area contributed by atoms with Crippen LogP contribution in [0.1, 0.15) is 21.5 Å². The molecule has 2 aromatic heterocycles. The second-order valence-electron chi connectivity index (χ2n) is 7.70. The predicted molar refractivity (Wildman–Crippen MR) is 140 cm³/mol. The average molecular weight is 515 g/mol. The van der Waals surface area contributed by atoms with Crippen LogP contribution in [0.15, 0.2) is 53.0 Å². The van der Waals surface area contributed by atoms with Crippen molar-refractivity contribution in [3.05, 3.63) is 58.8 Å². The van der Waals surface area contributed by atoms with Crippen molar-refractivity contribution in [2.24, 2.45) is 0 Å². The molecule has 2 amide bonds. The van der Waals surface area contributed by atoms with E-state index in [1.807, 2.05) is 42.5 Å². The molecule has 0 bridgehead atoms. The van der Waals surface area contributed by atoms with Crippen LogP contribution in [0.2, 0.25) is 0 Å². The van der Waals surface area contributed by atoms with E-state index in [-0.39, 0.29) is 8.88 Å². The van der Waals surface area contributed by atoms with Gasteiger partial charge in [0, 0.05) is 39.3 Å². The average Bonchev–Trinajstić information content (AvgIpc) is 3.18. The number of fused-ring (bicyclic) bond motifs is 3. The number of unbranched alkanes of at least 4 members (excludes halogenated alkanes) is 1. The highest BCUT2D eigenvalue weighted by Gasteiger charge is 2.17. The van der Waals surface area contributed by atoms with Gasteiger partial charge in [0.25, 0.3) is 0 Å². The number of rotatable bonds is 9. The first kappa shape index (κ1) is 23.0. The van der Waals surface area contributed by atoms with Crippen molar-refractivity contribution in [1.29, 1.82) is 0 Å². The lowest BCUT2D eigenvalue weighted by Crippen LogP contribution is -2.29. The number of para-hydroxylation sites is 2. The van der Waals surface area contributed by atoms with E-state index in [4.69, 9.17) is 15.5 Å². The summed E-state index contributed by atoms with van der Waals surface area (Å²) < 4.78 is 8.35. The van der Waals surface area contributed by atoms with Crippen molar-refractivity contribution in [2.45, 2.75) is 25.8 Å².